The fourth-order valence-corrected chi connectivity index (χ4v) is 3.07. The topological polar surface area (TPSA) is 146 Å². The normalized spacial score (nSPS) is 26.0. The first-order chi connectivity index (χ1) is 14.9. The molecule has 3 rings (SSSR count). The Hall–Kier alpha value is -2.95. The minimum atomic E-state index is -1.59. The number of phenolic OH excluding ortho intramolecular Hbond substituents is 1. The summed E-state index contributed by atoms with van der Waals surface area (Å²) in [7, 11) is 0. The summed E-state index contributed by atoms with van der Waals surface area (Å²) in [4.78, 5) is 12.3. The van der Waals surface area contributed by atoms with Crippen molar-refractivity contribution in [1.82, 2.24) is 0 Å². The van der Waals surface area contributed by atoms with Crippen molar-refractivity contribution in [3.05, 3.63) is 65.7 Å². The maximum atomic E-state index is 12.3. The number of carbonyl (C=O) groups is 1. The van der Waals surface area contributed by atoms with Gasteiger partial charge in [0.25, 0.3) is 0 Å². The minimum Gasteiger partial charge on any atom is -0.508 e. The lowest BCUT2D eigenvalue weighted by molar-refractivity contribution is -0.281. The third kappa shape index (κ3) is 5.60. The van der Waals surface area contributed by atoms with Crippen molar-refractivity contribution in [2.75, 3.05) is 6.61 Å². The summed E-state index contributed by atoms with van der Waals surface area (Å²) in [5, 5.41) is 48.9. The second-order valence-corrected chi connectivity index (χ2v) is 6.92. The third-order valence-corrected chi connectivity index (χ3v) is 4.77. The summed E-state index contributed by atoms with van der Waals surface area (Å²) in [6.45, 7) is -0.918. The highest BCUT2D eigenvalue weighted by Crippen LogP contribution is 2.28. The van der Waals surface area contributed by atoms with Crippen LogP contribution in [0.25, 0.3) is 6.08 Å². The molecule has 0 aromatic heterocycles. The number of rotatable bonds is 7. The van der Waals surface area contributed by atoms with Gasteiger partial charge in [0.15, 0.2) is 6.10 Å². The van der Waals surface area contributed by atoms with Gasteiger partial charge in [0.05, 0.1) is 13.2 Å². The lowest BCUT2D eigenvalue weighted by atomic mass is 9.99. The fourth-order valence-electron chi connectivity index (χ4n) is 3.07. The Bertz CT molecular complexity index is 896. The number of aromatic hydroxyl groups is 1. The van der Waals surface area contributed by atoms with Crippen LogP contribution in [0.2, 0.25) is 0 Å². The highest BCUT2D eigenvalue weighted by molar-refractivity contribution is 5.87. The number of carbonyl (C=O) groups excluding carboxylic acids is 1. The number of aliphatic hydroxyl groups is 4. The van der Waals surface area contributed by atoms with Gasteiger partial charge in [0, 0.05) is 11.6 Å². The predicted molar refractivity (Wildman–Crippen MR) is 108 cm³/mol. The Labute approximate surface area is 178 Å². The SMILES string of the molecule is O=C(C=Cc1ccc(O)cc1)OC1C(Oc2ccccc2CO)OC(CO)C(O)C1O. The number of hydrogen-bond acceptors (Lipinski definition) is 9. The average Bonchev–Trinajstić information content (AvgIpc) is 2.78. The average molecular weight is 432 g/mol. The molecule has 1 aliphatic rings. The summed E-state index contributed by atoms with van der Waals surface area (Å²) in [5.74, 6) is -0.520. The van der Waals surface area contributed by atoms with Gasteiger partial charge in [0.2, 0.25) is 6.29 Å². The van der Waals surface area contributed by atoms with E-state index < -0.39 is 43.3 Å². The van der Waals surface area contributed by atoms with Crippen LogP contribution < -0.4 is 4.74 Å². The summed E-state index contributed by atoms with van der Waals surface area (Å²) >= 11 is 0. The van der Waals surface area contributed by atoms with Gasteiger partial charge in [-0.25, -0.2) is 4.79 Å². The number of benzene rings is 2. The highest BCUT2D eigenvalue weighted by Gasteiger charge is 2.47. The molecule has 2 aromatic rings. The van der Waals surface area contributed by atoms with Gasteiger partial charge in [-0.1, -0.05) is 30.3 Å². The molecule has 5 unspecified atom stereocenters. The van der Waals surface area contributed by atoms with E-state index in [2.05, 4.69) is 0 Å². The molecule has 0 amide bonds. The van der Waals surface area contributed by atoms with Crippen LogP contribution >= 0.6 is 0 Å². The van der Waals surface area contributed by atoms with E-state index in [-0.39, 0.29) is 18.1 Å². The van der Waals surface area contributed by atoms with Crippen molar-refractivity contribution in [3.8, 4) is 11.5 Å². The zero-order chi connectivity index (χ0) is 22.4. The first-order valence-electron chi connectivity index (χ1n) is 9.58. The van der Waals surface area contributed by atoms with Crippen LogP contribution in [-0.4, -0.2) is 68.8 Å². The summed E-state index contributed by atoms with van der Waals surface area (Å²) < 4.78 is 16.5. The van der Waals surface area contributed by atoms with Crippen molar-refractivity contribution in [2.45, 2.75) is 37.3 Å². The van der Waals surface area contributed by atoms with Gasteiger partial charge >= 0.3 is 5.97 Å². The number of esters is 1. The van der Waals surface area contributed by atoms with E-state index in [1.807, 2.05) is 0 Å². The van der Waals surface area contributed by atoms with Crippen molar-refractivity contribution >= 4 is 12.0 Å². The maximum absolute atomic E-state index is 12.3. The third-order valence-electron chi connectivity index (χ3n) is 4.77. The lowest BCUT2D eigenvalue weighted by Gasteiger charge is -2.41. The van der Waals surface area contributed by atoms with Gasteiger partial charge in [-0.3, -0.25) is 0 Å². The van der Waals surface area contributed by atoms with Crippen LogP contribution in [0.4, 0.5) is 0 Å². The largest absolute Gasteiger partial charge is 0.508 e. The molecule has 0 spiro atoms. The number of para-hydroxylation sites is 1. The molecule has 31 heavy (non-hydrogen) atoms. The molecule has 1 saturated heterocycles. The van der Waals surface area contributed by atoms with Crippen molar-refractivity contribution in [3.63, 3.8) is 0 Å². The van der Waals surface area contributed by atoms with E-state index >= 15 is 0 Å². The molecule has 0 bridgehead atoms. The molecule has 1 aliphatic heterocycles. The Morgan fingerprint density at radius 2 is 1.74 bits per heavy atom. The molecule has 0 radical (unpaired) electrons. The Kier molecular flexibility index (Phi) is 7.61. The lowest BCUT2D eigenvalue weighted by Crippen LogP contribution is -2.61. The van der Waals surface area contributed by atoms with Crippen molar-refractivity contribution in [2.24, 2.45) is 0 Å². The zero-order valence-corrected chi connectivity index (χ0v) is 16.4. The maximum Gasteiger partial charge on any atom is 0.331 e. The Morgan fingerprint density at radius 1 is 1.03 bits per heavy atom. The van der Waals surface area contributed by atoms with Gasteiger partial charge in [-0.15, -0.1) is 0 Å². The van der Waals surface area contributed by atoms with Crippen LogP contribution in [-0.2, 0) is 20.9 Å². The molecular formula is C22H24O9. The molecule has 9 nitrogen and oxygen atoms in total. The van der Waals surface area contributed by atoms with Crippen LogP contribution in [0.1, 0.15) is 11.1 Å². The fraction of sp³-hybridized carbons (Fsp3) is 0.318. The summed E-state index contributed by atoms with van der Waals surface area (Å²) in [6, 6.07) is 12.6. The number of hydrogen-bond donors (Lipinski definition) is 5. The van der Waals surface area contributed by atoms with Crippen LogP contribution in [0.3, 0.4) is 0 Å². The van der Waals surface area contributed by atoms with E-state index in [0.29, 0.717) is 11.1 Å². The Balaban J connectivity index is 1.77. The smallest absolute Gasteiger partial charge is 0.331 e. The standard InChI is InChI=1S/C22H24O9/c23-11-14-3-1-2-4-16(14)29-22-21(20(28)19(27)17(12-24)30-22)31-18(26)10-7-13-5-8-15(25)9-6-13/h1-10,17,19-25,27-28H,11-12H2. The second-order valence-electron chi connectivity index (χ2n) is 6.92. The molecule has 1 fully saturated rings. The van der Waals surface area contributed by atoms with E-state index in [4.69, 9.17) is 14.2 Å². The van der Waals surface area contributed by atoms with Crippen LogP contribution in [0.15, 0.2) is 54.6 Å². The molecule has 9 heteroatoms. The van der Waals surface area contributed by atoms with Gasteiger partial charge in [0.1, 0.15) is 29.8 Å². The molecular weight excluding hydrogens is 408 g/mol. The van der Waals surface area contributed by atoms with E-state index in [1.165, 1.54) is 18.2 Å². The summed E-state index contributed by atoms with van der Waals surface area (Å²) in [6.07, 6.45) is -4.48. The molecule has 1 heterocycles. The van der Waals surface area contributed by atoms with Crippen LogP contribution in [0, 0.1) is 0 Å². The first-order valence-corrected chi connectivity index (χ1v) is 9.58. The van der Waals surface area contributed by atoms with Crippen molar-refractivity contribution in [1.29, 1.82) is 0 Å². The first kappa shape index (κ1) is 22.7. The number of ether oxygens (including phenoxy) is 3. The quantitative estimate of drug-likeness (QED) is 0.308. The van der Waals surface area contributed by atoms with Gasteiger partial charge in [-0.2, -0.15) is 0 Å². The van der Waals surface area contributed by atoms with Crippen molar-refractivity contribution < 1.29 is 44.5 Å². The number of aliphatic hydroxyl groups excluding tert-OH is 4. The van der Waals surface area contributed by atoms with E-state index in [1.54, 1.807) is 36.4 Å². The van der Waals surface area contributed by atoms with Gasteiger partial charge in [-0.05, 0) is 29.8 Å². The Morgan fingerprint density at radius 3 is 2.42 bits per heavy atom. The van der Waals surface area contributed by atoms with Crippen LogP contribution in [0.5, 0.6) is 11.5 Å². The molecule has 166 valence electrons. The second kappa shape index (κ2) is 10.4. The highest BCUT2D eigenvalue weighted by atomic mass is 16.7. The van der Waals surface area contributed by atoms with Gasteiger partial charge < -0.3 is 39.7 Å². The summed E-state index contributed by atoms with van der Waals surface area (Å²) in [5.41, 5.74) is 1.06. The monoisotopic (exact) mass is 432 g/mol. The molecule has 5 atom stereocenters. The van der Waals surface area contributed by atoms with E-state index in [0.717, 1.165) is 6.08 Å². The molecule has 0 saturated carbocycles. The molecule has 5 N–H and O–H groups in total. The predicted octanol–water partition coefficient (Wildman–Crippen LogP) is 0.327. The zero-order valence-electron chi connectivity index (χ0n) is 16.4. The van der Waals surface area contributed by atoms with E-state index in [9.17, 15) is 30.3 Å². The molecule has 2 aromatic carbocycles. The molecule has 0 aliphatic carbocycles. The number of phenols is 1. The minimum absolute atomic E-state index is 0.0813.